The molecular weight excluding hydrogens is 303 g/mol. The first-order chi connectivity index (χ1) is 9.89. The fourth-order valence-corrected chi connectivity index (χ4v) is 3.79. The van der Waals surface area contributed by atoms with Crippen LogP contribution in [0.2, 0.25) is 0 Å². The quantitative estimate of drug-likeness (QED) is 0.839. The molecule has 2 rings (SSSR count). The Bertz CT molecular complexity index is 453. The molecule has 1 heterocycles. The van der Waals surface area contributed by atoms with Gasteiger partial charge in [0.25, 0.3) is 0 Å². The number of aromatic nitrogens is 1. The van der Waals surface area contributed by atoms with Crippen molar-refractivity contribution in [1.82, 2.24) is 4.98 Å². The van der Waals surface area contributed by atoms with E-state index in [0.29, 0.717) is 30.8 Å². The summed E-state index contributed by atoms with van der Waals surface area (Å²) in [6.07, 6.45) is 0.918. The summed E-state index contributed by atoms with van der Waals surface area (Å²) in [6, 6.07) is 0. The third kappa shape index (κ3) is 3.76. The molecule has 3 nitrogen and oxygen atoms in total. The van der Waals surface area contributed by atoms with Crippen molar-refractivity contribution in [2.24, 2.45) is 0 Å². The summed E-state index contributed by atoms with van der Waals surface area (Å²) in [6.45, 7) is 2.27. The lowest BCUT2D eigenvalue weighted by Gasteiger charge is -2.36. The zero-order chi connectivity index (χ0) is 15.5. The van der Waals surface area contributed by atoms with Gasteiger partial charge < -0.3 is 9.84 Å². The van der Waals surface area contributed by atoms with Crippen molar-refractivity contribution >= 4 is 11.3 Å². The number of aliphatic hydroxyl groups is 1. The second-order valence-electron chi connectivity index (χ2n) is 5.38. The van der Waals surface area contributed by atoms with E-state index in [9.17, 15) is 18.3 Å². The van der Waals surface area contributed by atoms with E-state index in [1.807, 2.05) is 6.92 Å². The standard InChI is InChI=1S/C14H20F3NO2S/c1-2-20-13(7-5-3-4-6-8-13)11(19)10-9-18-12(21-10)14(15,16)17/h9,11,19H,2-8H2,1H3. The minimum atomic E-state index is -4.47. The highest BCUT2D eigenvalue weighted by molar-refractivity contribution is 7.11. The lowest BCUT2D eigenvalue weighted by atomic mass is 9.87. The number of halogens is 3. The highest BCUT2D eigenvalue weighted by Gasteiger charge is 2.42. The first kappa shape index (κ1) is 16.7. The zero-order valence-electron chi connectivity index (χ0n) is 11.9. The summed E-state index contributed by atoms with van der Waals surface area (Å²) < 4.78 is 43.8. The largest absolute Gasteiger partial charge is 0.443 e. The monoisotopic (exact) mass is 323 g/mol. The van der Waals surface area contributed by atoms with Crippen LogP contribution >= 0.6 is 11.3 Å². The van der Waals surface area contributed by atoms with Crippen molar-refractivity contribution < 1.29 is 23.0 Å². The Kier molecular flexibility index (Phi) is 5.27. The van der Waals surface area contributed by atoms with Gasteiger partial charge in [-0.15, -0.1) is 11.3 Å². The molecule has 21 heavy (non-hydrogen) atoms. The summed E-state index contributed by atoms with van der Waals surface area (Å²) in [5.74, 6) is 0. The van der Waals surface area contributed by atoms with Crippen LogP contribution < -0.4 is 0 Å². The molecule has 1 unspecified atom stereocenters. The minimum absolute atomic E-state index is 0.234. The van der Waals surface area contributed by atoms with Crippen LogP contribution in [0.4, 0.5) is 13.2 Å². The number of nitrogens with zero attached hydrogens (tertiary/aromatic N) is 1. The molecule has 0 aromatic carbocycles. The number of hydrogen-bond acceptors (Lipinski definition) is 4. The molecule has 1 saturated carbocycles. The number of ether oxygens (including phenoxy) is 1. The van der Waals surface area contributed by atoms with Gasteiger partial charge in [-0.2, -0.15) is 13.2 Å². The van der Waals surface area contributed by atoms with Crippen molar-refractivity contribution in [3.8, 4) is 0 Å². The van der Waals surface area contributed by atoms with Crippen LogP contribution in [0.25, 0.3) is 0 Å². The van der Waals surface area contributed by atoms with Crippen LogP contribution in [-0.2, 0) is 10.9 Å². The Morgan fingerprint density at radius 2 is 1.95 bits per heavy atom. The SMILES string of the molecule is CCOC1(C(O)c2cnc(C(F)(F)F)s2)CCCCCC1. The van der Waals surface area contributed by atoms with Gasteiger partial charge in [-0.1, -0.05) is 25.7 Å². The van der Waals surface area contributed by atoms with Crippen molar-refractivity contribution in [1.29, 1.82) is 0 Å². The zero-order valence-corrected chi connectivity index (χ0v) is 12.8. The van der Waals surface area contributed by atoms with E-state index < -0.39 is 22.9 Å². The van der Waals surface area contributed by atoms with Gasteiger partial charge in [0.1, 0.15) is 6.10 Å². The molecule has 1 fully saturated rings. The second kappa shape index (κ2) is 6.62. The molecule has 0 bridgehead atoms. The molecule has 1 atom stereocenters. The third-order valence-corrected chi connectivity index (χ3v) is 5.01. The molecule has 0 aliphatic heterocycles. The lowest BCUT2D eigenvalue weighted by molar-refractivity contribution is -0.137. The van der Waals surface area contributed by atoms with Gasteiger partial charge in [-0.25, -0.2) is 4.98 Å². The normalized spacial score (nSPS) is 21.0. The van der Waals surface area contributed by atoms with Gasteiger partial charge in [-0.3, -0.25) is 0 Å². The van der Waals surface area contributed by atoms with E-state index in [-0.39, 0.29) is 4.88 Å². The van der Waals surface area contributed by atoms with Crippen LogP contribution in [0.1, 0.15) is 61.4 Å². The average molecular weight is 323 g/mol. The summed E-state index contributed by atoms with van der Waals surface area (Å²) >= 11 is 0.507. The Labute approximate surface area is 126 Å². The Balaban J connectivity index is 2.25. The maximum atomic E-state index is 12.7. The van der Waals surface area contributed by atoms with Crippen LogP contribution in [0.15, 0.2) is 6.20 Å². The van der Waals surface area contributed by atoms with Gasteiger partial charge in [0.15, 0.2) is 5.01 Å². The van der Waals surface area contributed by atoms with E-state index in [1.54, 1.807) is 0 Å². The Hall–Kier alpha value is -0.660. The number of thiazole rings is 1. The fourth-order valence-electron chi connectivity index (χ4n) is 2.91. The van der Waals surface area contributed by atoms with Crippen molar-refractivity contribution in [2.45, 2.75) is 63.3 Å². The maximum Gasteiger partial charge on any atom is 0.443 e. The molecule has 1 aliphatic carbocycles. The molecular formula is C14H20F3NO2S. The van der Waals surface area contributed by atoms with E-state index in [4.69, 9.17) is 4.74 Å². The molecule has 1 N–H and O–H groups in total. The predicted molar refractivity (Wildman–Crippen MR) is 74.1 cm³/mol. The van der Waals surface area contributed by atoms with E-state index in [0.717, 1.165) is 31.9 Å². The molecule has 7 heteroatoms. The number of hydrogen-bond donors (Lipinski definition) is 1. The summed E-state index contributed by atoms with van der Waals surface area (Å²) in [5, 5.41) is 9.69. The van der Waals surface area contributed by atoms with Gasteiger partial charge in [0.05, 0.1) is 10.5 Å². The third-order valence-electron chi connectivity index (χ3n) is 3.92. The molecule has 120 valence electrons. The maximum absolute atomic E-state index is 12.7. The molecule has 0 spiro atoms. The van der Waals surface area contributed by atoms with Crippen LogP contribution in [-0.4, -0.2) is 22.3 Å². The summed E-state index contributed by atoms with van der Waals surface area (Å²) in [5.41, 5.74) is -0.777. The van der Waals surface area contributed by atoms with Crippen LogP contribution in [0.5, 0.6) is 0 Å². The Morgan fingerprint density at radius 3 is 2.43 bits per heavy atom. The van der Waals surface area contributed by atoms with Crippen LogP contribution in [0.3, 0.4) is 0 Å². The summed E-state index contributed by atoms with van der Waals surface area (Å²) in [4.78, 5) is 3.63. The highest BCUT2D eigenvalue weighted by atomic mass is 32.1. The molecule has 0 amide bonds. The molecule has 0 saturated heterocycles. The average Bonchev–Trinajstić information content (AvgIpc) is 2.80. The molecule has 0 radical (unpaired) electrons. The van der Waals surface area contributed by atoms with Gasteiger partial charge in [0, 0.05) is 12.8 Å². The number of aliphatic hydroxyl groups excluding tert-OH is 1. The van der Waals surface area contributed by atoms with Crippen molar-refractivity contribution in [3.05, 3.63) is 16.1 Å². The minimum Gasteiger partial charge on any atom is -0.384 e. The van der Waals surface area contributed by atoms with E-state index in [2.05, 4.69) is 4.98 Å². The molecule has 1 aromatic rings. The second-order valence-corrected chi connectivity index (χ2v) is 6.44. The van der Waals surface area contributed by atoms with Gasteiger partial charge in [-0.05, 0) is 19.8 Å². The number of rotatable bonds is 4. The van der Waals surface area contributed by atoms with E-state index >= 15 is 0 Å². The van der Waals surface area contributed by atoms with Crippen molar-refractivity contribution in [3.63, 3.8) is 0 Å². The molecule has 1 aliphatic rings. The van der Waals surface area contributed by atoms with E-state index in [1.165, 1.54) is 0 Å². The van der Waals surface area contributed by atoms with Crippen LogP contribution in [0, 0.1) is 0 Å². The predicted octanol–water partition coefficient (Wildman–Crippen LogP) is 4.32. The molecule has 1 aromatic heterocycles. The lowest BCUT2D eigenvalue weighted by Crippen LogP contribution is -2.39. The summed E-state index contributed by atoms with van der Waals surface area (Å²) in [7, 11) is 0. The smallest absolute Gasteiger partial charge is 0.384 e. The Morgan fingerprint density at radius 1 is 1.33 bits per heavy atom. The highest BCUT2D eigenvalue weighted by Crippen LogP contribution is 2.43. The van der Waals surface area contributed by atoms with Gasteiger partial charge in [0.2, 0.25) is 0 Å². The van der Waals surface area contributed by atoms with Crippen molar-refractivity contribution in [2.75, 3.05) is 6.61 Å². The first-order valence-corrected chi connectivity index (χ1v) is 8.05. The topological polar surface area (TPSA) is 42.4 Å². The fraction of sp³-hybridized carbons (Fsp3) is 0.786. The number of alkyl halides is 3. The van der Waals surface area contributed by atoms with Gasteiger partial charge >= 0.3 is 6.18 Å². The first-order valence-electron chi connectivity index (χ1n) is 7.24.